The molecule has 0 spiro atoms. The third-order valence-corrected chi connectivity index (χ3v) is 4.00. The first-order valence-corrected chi connectivity index (χ1v) is 6.61. The van der Waals surface area contributed by atoms with Crippen LogP contribution >= 0.6 is 15.9 Å². The Hall–Kier alpha value is -1.49. The number of nitrogens with zero attached hydrogens (tertiary/aromatic N) is 2. The highest BCUT2D eigenvalue weighted by molar-refractivity contribution is 9.10. The number of benzene rings is 1. The largest absolute Gasteiger partial charge is 0.393 e. The summed E-state index contributed by atoms with van der Waals surface area (Å²) >= 11 is 3.48. The van der Waals surface area contributed by atoms with Crippen LogP contribution in [0.5, 0.6) is 0 Å². The molecule has 18 heavy (non-hydrogen) atoms. The molecule has 2 rings (SSSR count). The summed E-state index contributed by atoms with van der Waals surface area (Å²) in [5, 5.41) is 0. The minimum atomic E-state index is -0.162. The number of hydrogen-bond acceptors (Lipinski definition) is 2. The van der Waals surface area contributed by atoms with E-state index in [-0.39, 0.29) is 5.56 Å². The summed E-state index contributed by atoms with van der Waals surface area (Å²) in [5.74, 6) is 0. The first-order valence-electron chi connectivity index (χ1n) is 5.81. The number of aromatic nitrogens is 2. The van der Waals surface area contributed by atoms with Crippen LogP contribution in [0, 0.1) is 13.8 Å². The van der Waals surface area contributed by atoms with Gasteiger partial charge in [-0.25, -0.2) is 4.68 Å². The van der Waals surface area contributed by atoms with Gasteiger partial charge in [-0.15, -0.1) is 0 Å². The first-order chi connectivity index (χ1) is 8.47. The fraction of sp³-hybridized carbons (Fsp3) is 0.308. The monoisotopic (exact) mass is 309 g/mol. The van der Waals surface area contributed by atoms with Crippen molar-refractivity contribution in [3.63, 3.8) is 0 Å². The van der Waals surface area contributed by atoms with Crippen LogP contribution in [0.25, 0.3) is 5.69 Å². The van der Waals surface area contributed by atoms with Crippen LogP contribution in [0.4, 0.5) is 5.69 Å². The number of hydrogen-bond donors (Lipinski definition) is 1. The van der Waals surface area contributed by atoms with Gasteiger partial charge in [0.05, 0.1) is 11.4 Å². The maximum Gasteiger partial charge on any atom is 0.294 e. The van der Waals surface area contributed by atoms with Crippen LogP contribution < -0.4 is 11.3 Å². The normalized spacial score (nSPS) is 10.9. The highest BCUT2D eigenvalue weighted by Gasteiger charge is 2.14. The van der Waals surface area contributed by atoms with Gasteiger partial charge in [-0.05, 0) is 38.5 Å². The van der Waals surface area contributed by atoms with Gasteiger partial charge in [0.25, 0.3) is 5.56 Å². The Bertz CT molecular complexity index is 655. The summed E-state index contributed by atoms with van der Waals surface area (Å²) in [5.41, 5.74) is 8.72. The van der Waals surface area contributed by atoms with Gasteiger partial charge < -0.3 is 5.73 Å². The van der Waals surface area contributed by atoms with Crippen molar-refractivity contribution in [1.82, 2.24) is 9.36 Å². The summed E-state index contributed by atoms with van der Waals surface area (Å²) in [6.07, 6.45) is 0. The number of aryl methyl sites for hydroxylation is 1. The Balaban J connectivity index is 2.74. The van der Waals surface area contributed by atoms with E-state index in [9.17, 15) is 4.79 Å². The highest BCUT2D eigenvalue weighted by atomic mass is 79.9. The molecule has 0 saturated heterocycles. The van der Waals surface area contributed by atoms with Crippen LogP contribution in [0.1, 0.15) is 18.2 Å². The Labute approximate surface area is 114 Å². The third kappa shape index (κ3) is 1.88. The van der Waals surface area contributed by atoms with E-state index in [0.717, 1.165) is 21.4 Å². The van der Waals surface area contributed by atoms with Crippen molar-refractivity contribution < 1.29 is 0 Å². The van der Waals surface area contributed by atoms with Gasteiger partial charge in [-0.1, -0.05) is 22.0 Å². The molecule has 0 atom stereocenters. The first kappa shape index (κ1) is 13.0. The smallest absolute Gasteiger partial charge is 0.294 e. The van der Waals surface area contributed by atoms with E-state index in [1.807, 2.05) is 43.7 Å². The van der Waals surface area contributed by atoms with Gasteiger partial charge in [0, 0.05) is 11.0 Å². The van der Waals surface area contributed by atoms with Crippen molar-refractivity contribution in [2.75, 3.05) is 5.73 Å². The minimum Gasteiger partial charge on any atom is -0.393 e. The lowest BCUT2D eigenvalue weighted by molar-refractivity contribution is 0.559. The van der Waals surface area contributed by atoms with Crippen LogP contribution in [0.15, 0.2) is 27.5 Å². The Morgan fingerprint density at radius 3 is 2.56 bits per heavy atom. The Morgan fingerprint density at radius 1 is 1.33 bits per heavy atom. The fourth-order valence-corrected chi connectivity index (χ4v) is 2.38. The van der Waals surface area contributed by atoms with Crippen LogP contribution in [0.2, 0.25) is 0 Å². The number of rotatable bonds is 2. The van der Waals surface area contributed by atoms with Crippen molar-refractivity contribution in [3.05, 3.63) is 44.3 Å². The maximum absolute atomic E-state index is 12.2. The van der Waals surface area contributed by atoms with Gasteiger partial charge in [-0.3, -0.25) is 9.48 Å². The number of anilines is 1. The van der Waals surface area contributed by atoms with E-state index in [0.29, 0.717) is 12.2 Å². The zero-order valence-corrected chi connectivity index (χ0v) is 12.3. The molecule has 0 amide bonds. The second-order valence-corrected chi connectivity index (χ2v) is 5.12. The SMILES string of the molecule is CCn1c(C)c(N)c(=O)n1-c1ccc(C)c(Br)c1. The molecule has 0 fully saturated rings. The summed E-state index contributed by atoms with van der Waals surface area (Å²) in [6, 6.07) is 5.83. The molecular weight excluding hydrogens is 294 g/mol. The van der Waals surface area contributed by atoms with Crippen LogP contribution in [-0.4, -0.2) is 9.36 Å². The lowest BCUT2D eigenvalue weighted by atomic mass is 10.2. The van der Waals surface area contributed by atoms with Crippen molar-refractivity contribution in [3.8, 4) is 5.69 Å². The molecule has 0 saturated carbocycles. The van der Waals surface area contributed by atoms with Crippen LogP contribution in [-0.2, 0) is 6.54 Å². The van der Waals surface area contributed by atoms with E-state index in [2.05, 4.69) is 15.9 Å². The molecule has 0 unspecified atom stereocenters. The van der Waals surface area contributed by atoms with E-state index >= 15 is 0 Å². The predicted molar refractivity (Wildman–Crippen MR) is 77.3 cm³/mol. The Morgan fingerprint density at radius 2 is 2.00 bits per heavy atom. The predicted octanol–water partition coefficient (Wildman–Crippen LogP) is 2.62. The van der Waals surface area contributed by atoms with Gasteiger partial charge in [-0.2, -0.15) is 0 Å². The molecule has 0 radical (unpaired) electrons. The second kappa shape index (κ2) is 4.65. The van der Waals surface area contributed by atoms with E-state index in [1.54, 1.807) is 4.68 Å². The molecule has 2 N–H and O–H groups in total. The van der Waals surface area contributed by atoms with Gasteiger partial charge in [0.1, 0.15) is 5.69 Å². The topological polar surface area (TPSA) is 52.9 Å². The van der Waals surface area contributed by atoms with Gasteiger partial charge in [0.15, 0.2) is 0 Å². The molecule has 2 aromatic rings. The molecule has 0 aliphatic heterocycles. The standard InChI is InChI=1S/C13H16BrN3O/c1-4-16-9(3)12(15)13(18)17(16)10-6-5-8(2)11(14)7-10/h5-7H,4,15H2,1-3H3. The van der Waals surface area contributed by atoms with Crippen molar-refractivity contribution in [1.29, 1.82) is 0 Å². The molecule has 1 heterocycles. The quantitative estimate of drug-likeness (QED) is 0.927. The average molecular weight is 310 g/mol. The van der Waals surface area contributed by atoms with E-state index < -0.39 is 0 Å². The molecule has 0 bridgehead atoms. The second-order valence-electron chi connectivity index (χ2n) is 4.27. The molecule has 0 aliphatic rings. The van der Waals surface area contributed by atoms with Crippen molar-refractivity contribution >= 4 is 21.6 Å². The Kier molecular flexibility index (Phi) is 3.34. The zero-order valence-electron chi connectivity index (χ0n) is 10.7. The molecule has 1 aromatic heterocycles. The molecule has 1 aromatic carbocycles. The summed E-state index contributed by atoms with van der Waals surface area (Å²) < 4.78 is 4.48. The third-order valence-electron chi connectivity index (χ3n) is 3.14. The average Bonchev–Trinajstić information content (AvgIpc) is 2.57. The molecule has 96 valence electrons. The fourth-order valence-electron chi connectivity index (χ4n) is 2.02. The maximum atomic E-state index is 12.2. The van der Waals surface area contributed by atoms with E-state index in [4.69, 9.17) is 5.73 Å². The van der Waals surface area contributed by atoms with Gasteiger partial charge in [0.2, 0.25) is 0 Å². The molecular formula is C13H16BrN3O. The van der Waals surface area contributed by atoms with E-state index in [1.165, 1.54) is 0 Å². The van der Waals surface area contributed by atoms with Crippen molar-refractivity contribution in [2.45, 2.75) is 27.3 Å². The number of halogens is 1. The zero-order chi connectivity index (χ0) is 13.4. The van der Waals surface area contributed by atoms with Crippen LogP contribution in [0.3, 0.4) is 0 Å². The number of nitrogen functional groups attached to an aromatic ring is 1. The summed E-state index contributed by atoms with van der Waals surface area (Å²) in [7, 11) is 0. The lowest BCUT2D eigenvalue weighted by Crippen LogP contribution is -2.22. The highest BCUT2D eigenvalue weighted by Crippen LogP contribution is 2.20. The summed E-state index contributed by atoms with van der Waals surface area (Å²) in [6.45, 7) is 6.56. The van der Waals surface area contributed by atoms with Crippen molar-refractivity contribution in [2.24, 2.45) is 0 Å². The van der Waals surface area contributed by atoms with Gasteiger partial charge >= 0.3 is 0 Å². The lowest BCUT2D eigenvalue weighted by Gasteiger charge is -2.12. The summed E-state index contributed by atoms with van der Waals surface area (Å²) in [4.78, 5) is 12.2. The molecule has 5 heteroatoms. The molecule has 0 aliphatic carbocycles. The minimum absolute atomic E-state index is 0.162. The molecule has 4 nitrogen and oxygen atoms in total. The number of nitrogens with two attached hydrogens (primary N) is 1.